The van der Waals surface area contributed by atoms with Gasteiger partial charge in [0.2, 0.25) is 0 Å². The number of benzene rings is 3. The highest BCUT2D eigenvalue weighted by atomic mass is 16.2. The third-order valence-electron chi connectivity index (χ3n) is 5.19. The zero-order valence-electron chi connectivity index (χ0n) is 14.7. The summed E-state index contributed by atoms with van der Waals surface area (Å²) >= 11 is 0. The molecule has 5 rings (SSSR count). The number of amides is 1. The molecular formula is C22H18N4O. The fourth-order valence-electron chi connectivity index (χ4n) is 3.90. The molecule has 5 heteroatoms. The lowest BCUT2D eigenvalue weighted by Gasteiger charge is -2.07. The molecule has 3 aromatic carbocycles. The van der Waals surface area contributed by atoms with Crippen LogP contribution in [-0.4, -0.2) is 22.3 Å². The van der Waals surface area contributed by atoms with Gasteiger partial charge in [0.25, 0.3) is 5.91 Å². The number of carbonyl (C=O) groups is 1. The molecule has 0 saturated heterocycles. The van der Waals surface area contributed by atoms with Gasteiger partial charge in [-0.25, -0.2) is 5.43 Å². The summed E-state index contributed by atoms with van der Waals surface area (Å²) in [5.74, 6) is -0.268. The first kappa shape index (κ1) is 15.8. The second kappa shape index (κ2) is 6.36. The molecule has 4 aromatic rings. The zero-order chi connectivity index (χ0) is 18.2. The van der Waals surface area contributed by atoms with Crippen LogP contribution in [0.3, 0.4) is 0 Å². The van der Waals surface area contributed by atoms with Crippen LogP contribution in [0.2, 0.25) is 0 Å². The lowest BCUT2D eigenvalue weighted by Crippen LogP contribution is -2.19. The topological polar surface area (TPSA) is 70.1 Å². The summed E-state index contributed by atoms with van der Waals surface area (Å²) in [6, 6.07) is 18.6. The lowest BCUT2D eigenvalue weighted by molar-refractivity contribution is 0.0949. The van der Waals surface area contributed by atoms with Gasteiger partial charge in [-0.05, 0) is 46.9 Å². The second-order valence-corrected chi connectivity index (χ2v) is 6.81. The summed E-state index contributed by atoms with van der Waals surface area (Å²) in [5, 5.41) is 15.9. The maximum atomic E-state index is 12.5. The molecular weight excluding hydrogens is 336 g/mol. The molecule has 2 N–H and O–H groups in total. The van der Waals surface area contributed by atoms with Crippen molar-refractivity contribution in [2.24, 2.45) is 5.10 Å². The van der Waals surface area contributed by atoms with E-state index in [0.717, 1.165) is 57.6 Å². The molecule has 1 aromatic heterocycles. The first-order chi connectivity index (χ1) is 13.3. The monoisotopic (exact) mass is 354 g/mol. The van der Waals surface area contributed by atoms with Crippen molar-refractivity contribution in [2.45, 2.75) is 19.3 Å². The SMILES string of the molecule is O=C(N/N=C/c1c2ccccc2cc2ccccc12)c1n[nH]c2c1CCC2. The van der Waals surface area contributed by atoms with Gasteiger partial charge in [0.1, 0.15) is 0 Å². The third-order valence-corrected chi connectivity index (χ3v) is 5.19. The first-order valence-electron chi connectivity index (χ1n) is 9.11. The van der Waals surface area contributed by atoms with E-state index in [1.807, 2.05) is 24.3 Å². The lowest BCUT2D eigenvalue weighted by atomic mass is 9.97. The number of H-pyrrole nitrogens is 1. The smallest absolute Gasteiger partial charge is 0.281 e. The van der Waals surface area contributed by atoms with E-state index in [2.05, 4.69) is 51.1 Å². The normalized spacial score (nSPS) is 13.5. The van der Waals surface area contributed by atoms with E-state index in [1.165, 1.54) is 0 Å². The van der Waals surface area contributed by atoms with Gasteiger partial charge in [0, 0.05) is 16.8 Å². The number of nitrogens with zero attached hydrogens (tertiary/aromatic N) is 2. The Kier molecular flexibility index (Phi) is 3.71. The summed E-state index contributed by atoms with van der Waals surface area (Å²) < 4.78 is 0. The molecule has 0 atom stereocenters. The van der Waals surface area contributed by atoms with E-state index in [0.29, 0.717) is 5.69 Å². The van der Waals surface area contributed by atoms with Gasteiger partial charge in [0.05, 0.1) is 6.21 Å². The largest absolute Gasteiger partial charge is 0.292 e. The highest BCUT2D eigenvalue weighted by molar-refractivity contribution is 6.13. The van der Waals surface area contributed by atoms with Crippen molar-refractivity contribution in [1.29, 1.82) is 0 Å². The maximum absolute atomic E-state index is 12.5. The van der Waals surface area contributed by atoms with Crippen molar-refractivity contribution in [3.63, 3.8) is 0 Å². The third kappa shape index (κ3) is 2.68. The fourth-order valence-corrected chi connectivity index (χ4v) is 3.90. The van der Waals surface area contributed by atoms with Gasteiger partial charge < -0.3 is 0 Å². The standard InChI is InChI=1S/C22H18N4O/c27-22(21-18-10-5-11-20(18)24-25-21)26-23-13-19-16-8-3-1-6-14(16)12-15-7-2-4-9-17(15)19/h1-4,6-9,12-13H,5,10-11H2,(H,24,25)(H,26,27)/b23-13+. The van der Waals surface area contributed by atoms with Crippen LogP contribution < -0.4 is 5.43 Å². The van der Waals surface area contributed by atoms with Crippen LogP contribution in [0.4, 0.5) is 0 Å². The van der Waals surface area contributed by atoms with Crippen LogP contribution in [0.25, 0.3) is 21.5 Å². The highest BCUT2D eigenvalue weighted by Gasteiger charge is 2.22. The molecule has 1 amide bonds. The fraction of sp³-hybridized carbons (Fsp3) is 0.136. The predicted octanol–water partition coefficient (Wildman–Crippen LogP) is 3.97. The summed E-state index contributed by atoms with van der Waals surface area (Å²) in [6.07, 6.45) is 4.65. The van der Waals surface area contributed by atoms with Crippen LogP contribution in [0.15, 0.2) is 59.7 Å². The second-order valence-electron chi connectivity index (χ2n) is 6.81. The van der Waals surface area contributed by atoms with Gasteiger partial charge in [-0.2, -0.15) is 10.2 Å². The van der Waals surface area contributed by atoms with Gasteiger partial charge in [-0.1, -0.05) is 48.5 Å². The van der Waals surface area contributed by atoms with Gasteiger partial charge >= 0.3 is 0 Å². The number of aromatic amines is 1. The molecule has 0 bridgehead atoms. The number of nitrogens with one attached hydrogen (secondary N) is 2. The number of hydrazone groups is 1. The number of hydrogen-bond donors (Lipinski definition) is 2. The van der Waals surface area contributed by atoms with Crippen molar-refractivity contribution >= 4 is 33.7 Å². The Morgan fingerprint density at radius 3 is 2.48 bits per heavy atom. The average Bonchev–Trinajstić information content (AvgIpc) is 3.31. The number of aromatic nitrogens is 2. The molecule has 0 unspecified atom stereocenters. The van der Waals surface area contributed by atoms with E-state index in [4.69, 9.17) is 0 Å². The van der Waals surface area contributed by atoms with E-state index < -0.39 is 0 Å². The molecule has 0 saturated carbocycles. The van der Waals surface area contributed by atoms with Crippen LogP contribution in [-0.2, 0) is 12.8 Å². The first-order valence-corrected chi connectivity index (χ1v) is 9.11. The van der Waals surface area contributed by atoms with E-state index in [-0.39, 0.29) is 5.91 Å². The quantitative estimate of drug-likeness (QED) is 0.332. The van der Waals surface area contributed by atoms with Gasteiger partial charge in [-0.3, -0.25) is 9.89 Å². The summed E-state index contributed by atoms with van der Waals surface area (Å²) in [6.45, 7) is 0. The van der Waals surface area contributed by atoms with Crippen molar-refractivity contribution < 1.29 is 4.79 Å². The Hall–Kier alpha value is -3.47. The molecule has 1 heterocycles. The van der Waals surface area contributed by atoms with Gasteiger partial charge in [-0.15, -0.1) is 0 Å². The summed E-state index contributed by atoms with van der Waals surface area (Å²) in [5.41, 5.74) is 6.20. The Morgan fingerprint density at radius 2 is 1.74 bits per heavy atom. The molecule has 0 radical (unpaired) electrons. The van der Waals surface area contributed by atoms with E-state index in [1.54, 1.807) is 6.21 Å². The van der Waals surface area contributed by atoms with Crippen LogP contribution in [0, 0.1) is 0 Å². The number of fused-ring (bicyclic) bond motifs is 3. The average molecular weight is 354 g/mol. The Labute approximate surface area is 156 Å². The molecule has 0 aliphatic heterocycles. The van der Waals surface area contributed by atoms with Gasteiger partial charge in [0.15, 0.2) is 5.69 Å². The van der Waals surface area contributed by atoms with E-state index in [9.17, 15) is 4.79 Å². The minimum Gasteiger partial charge on any atom is -0.281 e. The van der Waals surface area contributed by atoms with Crippen LogP contribution in [0.1, 0.15) is 33.7 Å². The minimum absolute atomic E-state index is 0.268. The zero-order valence-corrected chi connectivity index (χ0v) is 14.7. The van der Waals surface area contributed by atoms with E-state index >= 15 is 0 Å². The number of aryl methyl sites for hydroxylation is 1. The highest BCUT2D eigenvalue weighted by Crippen LogP contribution is 2.27. The maximum Gasteiger partial charge on any atom is 0.292 e. The molecule has 5 nitrogen and oxygen atoms in total. The van der Waals surface area contributed by atoms with Crippen LogP contribution in [0.5, 0.6) is 0 Å². The molecule has 0 spiro atoms. The molecule has 132 valence electrons. The van der Waals surface area contributed by atoms with Crippen molar-refractivity contribution in [2.75, 3.05) is 0 Å². The van der Waals surface area contributed by atoms with Crippen molar-refractivity contribution in [1.82, 2.24) is 15.6 Å². The number of carbonyl (C=O) groups excluding carboxylic acids is 1. The predicted molar refractivity (Wildman–Crippen MR) is 107 cm³/mol. The van der Waals surface area contributed by atoms with Crippen molar-refractivity contribution in [3.05, 3.63) is 77.1 Å². The van der Waals surface area contributed by atoms with Crippen LogP contribution >= 0.6 is 0 Å². The Bertz CT molecular complexity index is 1150. The molecule has 27 heavy (non-hydrogen) atoms. The van der Waals surface area contributed by atoms with Crippen molar-refractivity contribution in [3.8, 4) is 0 Å². The minimum atomic E-state index is -0.268. The molecule has 1 aliphatic rings. The summed E-state index contributed by atoms with van der Waals surface area (Å²) in [4.78, 5) is 12.5. The Morgan fingerprint density at radius 1 is 1.04 bits per heavy atom. The summed E-state index contributed by atoms with van der Waals surface area (Å²) in [7, 11) is 0. The Balaban J connectivity index is 1.50. The number of rotatable bonds is 3. The molecule has 1 aliphatic carbocycles. The number of hydrogen-bond acceptors (Lipinski definition) is 3. The molecule has 0 fully saturated rings.